The lowest BCUT2D eigenvalue weighted by molar-refractivity contribution is 0.170. The Bertz CT molecular complexity index is 508. The number of benzene rings is 1. The van der Waals surface area contributed by atoms with Crippen LogP contribution in [0, 0.1) is 5.82 Å². The standard InChI is InChI=1S/C14H21FN4O/c1-9-7-19(8-10(2)18(9)3)12-6-4-5-11(15)13(12)14(16)17-20/h4-6,9-10,20H,7-8H2,1-3H3,(H2,16,17). The van der Waals surface area contributed by atoms with E-state index < -0.39 is 5.82 Å². The number of anilines is 1. The summed E-state index contributed by atoms with van der Waals surface area (Å²) >= 11 is 0. The molecular weight excluding hydrogens is 259 g/mol. The lowest BCUT2D eigenvalue weighted by atomic mass is 10.0. The molecule has 2 unspecified atom stereocenters. The molecule has 6 heteroatoms. The first kappa shape index (κ1) is 14.6. The molecular formula is C14H21FN4O. The number of nitrogens with two attached hydrogens (primary N) is 1. The second kappa shape index (κ2) is 5.66. The maximum atomic E-state index is 14.0. The summed E-state index contributed by atoms with van der Waals surface area (Å²) in [5.41, 5.74) is 6.46. The zero-order chi connectivity index (χ0) is 14.9. The highest BCUT2D eigenvalue weighted by Crippen LogP contribution is 2.27. The van der Waals surface area contributed by atoms with Crippen LogP contribution in [0.2, 0.25) is 0 Å². The minimum absolute atomic E-state index is 0.166. The van der Waals surface area contributed by atoms with Crippen molar-refractivity contribution in [2.24, 2.45) is 10.9 Å². The largest absolute Gasteiger partial charge is 0.409 e. The van der Waals surface area contributed by atoms with Gasteiger partial charge < -0.3 is 15.8 Å². The lowest BCUT2D eigenvalue weighted by Gasteiger charge is -2.44. The molecule has 0 aromatic heterocycles. The van der Waals surface area contributed by atoms with Crippen LogP contribution in [0.3, 0.4) is 0 Å². The molecule has 2 rings (SSSR count). The molecule has 0 amide bonds. The smallest absolute Gasteiger partial charge is 0.175 e. The molecule has 1 saturated heterocycles. The molecule has 1 fully saturated rings. The number of piperazine rings is 1. The zero-order valence-corrected chi connectivity index (χ0v) is 12.0. The normalized spacial score (nSPS) is 25.0. The third kappa shape index (κ3) is 2.56. The monoisotopic (exact) mass is 280 g/mol. The van der Waals surface area contributed by atoms with E-state index in [4.69, 9.17) is 10.9 Å². The van der Waals surface area contributed by atoms with Gasteiger partial charge in [0.05, 0.1) is 11.3 Å². The molecule has 1 aromatic carbocycles. The van der Waals surface area contributed by atoms with Gasteiger partial charge in [0.25, 0.3) is 0 Å². The first-order valence-electron chi connectivity index (χ1n) is 6.69. The molecule has 0 saturated carbocycles. The highest BCUT2D eigenvalue weighted by atomic mass is 19.1. The molecule has 3 N–H and O–H groups in total. The second-order valence-electron chi connectivity index (χ2n) is 5.39. The molecule has 1 aliphatic heterocycles. The Hall–Kier alpha value is -1.82. The Morgan fingerprint density at radius 2 is 1.95 bits per heavy atom. The minimum Gasteiger partial charge on any atom is -0.409 e. The summed E-state index contributed by atoms with van der Waals surface area (Å²) < 4.78 is 14.0. The summed E-state index contributed by atoms with van der Waals surface area (Å²) in [6.07, 6.45) is 0. The van der Waals surface area contributed by atoms with Gasteiger partial charge in [-0.1, -0.05) is 11.2 Å². The van der Waals surface area contributed by atoms with Crippen LogP contribution in [0.15, 0.2) is 23.4 Å². The summed E-state index contributed by atoms with van der Waals surface area (Å²) in [6.45, 7) is 5.81. The third-order valence-corrected chi connectivity index (χ3v) is 4.06. The van der Waals surface area contributed by atoms with Crippen LogP contribution < -0.4 is 10.6 Å². The van der Waals surface area contributed by atoms with Gasteiger partial charge in [-0.25, -0.2) is 4.39 Å². The molecule has 0 radical (unpaired) electrons. The number of hydrogen-bond acceptors (Lipinski definition) is 4. The number of halogens is 1. The lowest BCUT2D eigenvalue weighted by Crippen LogP contribution is -2.55. The van der Waals surface area contributed by atoms with Gasteiger partial charge in [-0.15, -0.1) is 0 Å². The molecule has 1 heterocycles. The first-order chi connectivity index (χ1) is 9.45. The van der Waals surface area contributed by atoms with Crippen molar-refractivity contribution in [2.75, 3.05) is 25.0 Å². The van der Waals surface area contributed by atoms with Crippen LogP contribution in [0.4, 0.5) is 10.1 Å². The van der Waals surface area contributed by atoms with Crippen LogP contribution in [0.5, 0.6) is 0 Å². The van der Waals surface area contributed by atoms with Gasteiger partial charge in [0.1, 0.15) is 5.82 Å². The van der Waals surface area contributed by atoms with Gasteiger partial charge in [-0.2, -0.15) is 0 Å². The van der Waals surface area contributed by atoms with Crippen molar-refractivity contribution >= 4 is 11.5 Å². The number of likely N-dealkylation sites (N-methyl/N-ethyl adjacent to an activating group) is 1. The van der Waals surface area contributed by atoms with Crippen LogP contribution >= 0.6 is 0 Å². The predicted octanol–water partition coefficient (Wildman–Crippen LogP) is 1.45. The molecule has 5 nitrogen and oxygen atoms in total. The SMILES string of the molecule is CC1CN(c2cccc(F)c2/C(N)=N/O)CC(C)N1C. The van der Waals surface area contributed by atoms with Crippen LogP contribution in [0.25, 0.3) is 0 Å². The highest BCUT2D eigenvalue weighted by Gasteiger charge is 2.29. The Labute approximate surface area is 118 Å². The maximum absolute atomic E-state index is 14.0. The summed E-state index contributed by atoms with van der Waals surface area (Å²) in [5.74, 6) is -0.672. The Morgan fingerprint density at radius 1 is 1.35 bits per heavy atom. The number of amidine groups is 1. The van der Waals surface area contributed by atoms with E-state index in [9.17, 15) is 4.39 Å². The molecule has 0 spiro atoms. The minimum atomic E-state index is -0.475. The molecule has 1 aliphatic rings. The van der Waals surface area contributed by atoms with E-state index in [0.717, 1.165) is 13.1 Å². The zero-order valence-electron chi connectivity index (χ0n) is 12.0. The molecule has 0 bridgehead atoms. The Balaban J connectivity index is 2.41. The fraction of sp³-hybridized carbons (Fsp3) is 0.500. The fourth-order valence-electron chi connectivity index (χ4n) is 2.68. The molecule has 20 heavy (non-hydrogen) atoms. The first-order valence-corrected chi connectivity index (χ1v) is 6.69. The van der Waals surface area contributed by atoms with Crippen molar-refractivity contribution in [2.45, 2.75) is 25.9 Å². The average Bonchev–Trinajstić information content (AvgIpc) is 2.43. The number of oxime groups is 1. The van der Waals surface area contributed by atoms with Crippen molar-refractivity contribution in [3.05, 3.63) is 29.6 Å². The summed E-state index contributed by atoms with van der Waals surface area (Å²) in [5, 5.41) is 11.8. The highest BCUT2D eigenvalue weighted by molar-refractivity contribution is 6.02. The Kier molecular flexibility index (Phi) is 4.13. The topological polar surface area (TPSA) is 65.1 Å². The van der Waals surface area contributed by atoms with E-state index in [2.05, 4.69) is 35.9 Å². The molecule has 2 atom stereocenters. The van der Waals surface area contributed by atoms with Gasteiger partial charge >= 0.3 is 0 Å². The third-order valence-electron chi connectivity index (χ3n) is 4.06. The molecule has 1 aromatic rings. The summed E-state index contributed by atoms with van der Waals surface area (Å²) in [7, 11) is 2.09. The van der Waals surface area contributed by atoms with E-state index in [0.29, 0.717) is 17.8 Å². The number of hydrogen-bond donors (Lipinski definition) is 2. The van der Waals surface area contributed by atoms with E-state index >= 15 is 0 Å². The predicted molar refractivity (Wildman–Crippen MR) is 77.8 cm³/mol. The number of rotatable bonds is 2. The van der Waals surface area contributed by atoms with E-state index in [-0.39, 0.29) is 11.4 Å². The summed E-state index contributed by atoms with van der Waals surface area (Å²) in [4.78, 5) is 4.38. The van der Waals surface area contributed by atoms with Crippen molar-refractivity contribution in [1.82, 2.24) is 4.90 Å². The van der Waals surface area contributed by atoms with E-state index in [1.807, 2.05) is 0 Å². The van der Waals surface area contributed by atoms with Gasteiger partial charge in [0, 0.05) is 25.2 Å². The van der Waals surface area contributed by atoms with Gasteiger partial charge in [-0.05, 0) is 33.0 Å². The van der Waals surface area contributed by atoms with Crippen LogP contribution in [-0.2, 0) is 0 Å². The fourth-order valence-corrected chi connectivity index (χ4v) is 2.68. The van der Waals surface area contributed by atoms with Gasteiger partial charge in [0.15, 0.2) is 5.84 Å². The van der Waals surface area contributed by atoms with Crippen LogP contribution in [-0.4, -0.2) is 48.2 Å². The van der Waals surface area contributed by atoms with Gasteiger partial charge in [0.2, 0.25) is 0 Å². The average molecular weight is 280 g/mol. The second-order valence-corrected chi connectivity index (χ2v) is 5.39. The van der Waals surface area contributed by atoms with Crippen molar-refractivity contribution < 1.29 is 9.60 Å². The van der Waals surface area contributed by atoms with E-state index in [1.165, 1.54) is 6.07 Å². The van der Waals surface area contributed by atoms with Crippen molar-refractivity contribution in [3.63, 3.8) is 0 Å². The maximum Gasteiger partial charge on any atom is 0.175 e. The summed E-state index contributed by atoms with van der Waals surface area (Å²) in [6, 6.07) is 5.47. The quantitative estimate of drug-likeness (QED) is 0.372. The van der Waals surface area contributed by atoms with Crippen molar-refractivity contribution in [3.8, 4) is 0 Å². The van der Waals surface area contributed by atoms with E-state index in [1.54, 1.807) is 12.1 Å². The Morgan fingerprint density at radius 3 is 2.50 bits per heavy atom. The van der Waals surface area contributed by atoms with Gasteiger partial charge in [-0.3, -0.25) is 4.90 Å². The number of nitrogens with zero attached hydrogens (tertiary/aromatic N) is 3. The molecule has 110 valence electrons. The van der Waals surface area contributed by atoms with Crippen LogP contribution in [0.1, 0.15) is 19.4 Å². The van der Waals surface area contributed by atoms with Crippen molar-refractivity contribution in [1.29, 1.82) is 0 Å². The molecule has 0 aliphatic carbocycles.